The van der Waals surface area contributed by atoms with Gasteiger partial charge in [0.1, 0.15) is 6.10 Å². The number of sulfone groups is 1. The Morgan fingerprint density at radius 3 is 2.65 bits per heavy atom. The molecule has 0 aromatic carbocycles. The van der Waals surface area contributed by atoms with Crippen LogP contribution in [0.5, 0.6) is 0 Å². The normalized spacial score (nSPS) is 32.1. The van der Waals surface area contributed by atoms with E-state index in [9.17, 15) is 13.2 Å². The zero-order chi connectivity index (χ0) is 14.8. The highest BCUT2D eigenvalue weighted by molar-refractivity contribution is 7.91. The summed E-state index contributed by atoms with van der Waals surface area (Å²) in [7, 11) is -3.02. The average molecular weight is 302 g/mol. The monoisotopic (exact) mass is 302 g/mol. The van der Waals surface area contributed by atoms with Crippen molar-refractivity contribution in [3.63, 3.8) is 0 Å². The molecular weight excluding hydrogens is 280 g/mol. The van der Waals surface area contributed by atoms with Crippen LogP contribution in [0.1, 0.15) is 19.3 Å². The van der Waals surface area contributed by atoms with E-state index in [-0.39, 0.29) is 29.6 Å². The molecule has 2 heterocycles. The molecule has 0 aromatic heterocycles. The SMILES string of the molecule is C=CCN(C(=O)[C@@H]1CC[C@H](CN)O1)C1CCS(=O)(=O)C1. The van der Waals surface area contributed by atoms with Crippen LogP contribution < -0.4 is 5.73 Å². The molecule has 2 saturated heterocycles. The lowest BCUT2D eigenvalue weighted by molar-refractivity contribution is -0.144. The lowest BCUT2D eigenvalue weighted by Crippen LogP contribution is -2.46. The minimum absolute atomic E-state index is 0.0413. The van der Waals surface area contributed by atoms with Crippen molar-refractivity contribution in [2.75, 3.05) is 24.6 Å². The molecule has 1 unspecified atom stereocenters. The van der Waals surface area contributed by atoms with E-state index in [0.717, 1.165) is 6.42 Å². The third-order valence-electron chi connectivity index (χ3n) is 3.90. The van der Waals surface area contributed by atoms with Crippen LogP contribution in [-0.4, -0.2) is 62.1 Å². The Balaban J connectivity index is 2.05. The average Bonchev–Trinajstić information content (AvgIpc) is 3.01. The van der Waals surface area contributed by atoms with E-state index in [1.165, 1.54) is 0 Å². The lowest BCUT2D eigenvalue weighted by Gasteiger charge is -2.29. The van der Waals surface area contributed by atoms with Crippen molar-refractivity contribution < 1.29 is 17.9 Å². The Morgan fingerprint density at radius 2 is 2.15 bits per heavy atom. The molecule has 20 heavy (non-hydrogen) atoms. The summed E-state index contributed by atoms with van der Waals surface area (Å²) in [6.45, 7) is 4.40. The topological polar surface area (TPSA) is 89.7 Å². The maximum Gasteiger partial charge on any atom is 0.252 e. The molecule has 2 aliphatic rings. The number of nitrogens with two attached hydrogens (primary N) is 1. The molecule has 2 N–H and O–H groups in total. The quantitative estimate of drug-likeness (QED) is 0.704. The molecule has 2 rings (SSSR count). The van der Waals surface area contributed by atoms with Crippen molar-refractivity contribution in [2.45, 2.75) is 37.5 Å². The fraction of sp³-hybridized carbons (Fsp3) is 0.769. The van der Waals surface area contributed by atoms with Gasteiger partial charge in [-0.15, -0.1) is 6.58 Å². The third kappa shape index (κ3) is 3.39. The maximum atomic E-state index is 12.5. The van der Waals surface area contributed by atoms with Crippen LogP contribution in [0.4, 0.5) is 0 Å². The van der Waals surface area contributed by atoms with Gasteiger partial charge in [-0.1, -0.05) is 6.08 Å². The predicted octanol–water partition coefficient (Wildman–Crippen LogP) is -0.306. The van der Waals surface area contributed by atoms with Gasteiger partial charge in [-0.3, -0.25) is 4.79 Å². The molecule has 0 bridgehead atoms. The summed E-state index contributed by atoms with van der Waals surface area (Å²) in [5.74, 6) is 0.0535. The fourth-order valence-corrected chi connectivity index (χ4v) is 4.56. The van der Waals surface area contributed by atoms with Gasteiger partial charge in [-0.25, -0.2) is 8.42 Å². The second-order valence-electron chi connectivity index (χ2n) is 5.40. The minimum Gasteiger partial charge on any atom is -0.364 e. The van der Waals surface area contributed by atoms with Crippen LogP contribution in [0, 0.1) is 0 Å². The van der Waals surface area contributed by atoms with Crippen molar-refractivity contribution in [1.29, 1.82) is 0 Å². The molecule has 0 spiro atoms. The van der Waals surface area contributed by atoms with E-state index in [1.54, 1.807) is 11.0 Å². The number of amides is 1. The van der Waals surface area contributed by atoms with Gasteiger partial charge in [0.25, 0.3) is 5.91 Å². The van der Waals surface area contributed by atoms with E-state index < -0.39 is 15.9 Å². The van der Waals surface area contributed by atoms with Crippen molar-refractivity contribution in [2.24, 2.45) is 5.73 Å². The van der Waals surface area contributed by atoms with E-state index in [1.807, 2.05) is 0 Å². The van der Waals surface area contributed by atoms with Crippen LogP contribution in [0.25, 0.3) is 0 Å². The van der Waals surface area contributed by atoms with E-state index in [0.29, 0.717) is 25.9 Å². The van der Waals surface area contributed by atoms with Gasteiger partial charge in [0.2, 0.25) is 0 Å². The number of carbonyl (C=O) groups is 1. The second kappa shape index (κ2) is 6.24. The standard InChI is InChI=1S/C13H22N2O4S/c1-2-6-15(10-5-7-20(17,18)9-10)13(16)12-4-3-11(8-14)19-12/h2,10-12H,1,3-9,14H2/t10?,11-,12+/m1/s1. The zero-order valence-electron chi connectivity index (χ0n) is 11.5. The van der Waals surface area contributed by atoms with Gasteiger partial charge in [0, 0.05) is 19.1 Å². The van der Waals surface area contributed by atoms with Crippen LogP contribution in [0.3, 0.4) is 0 Å². The number of hydrogen-bond donors (Lipinski definition) is 1. The highest BCUT2D eigenvalue weighted by Gasteiger charge is 2.39. The summed E-state index contributed by atoms with van der Waals surface area (Å²) >= 11 is 0. The first-order chi connectivity index (χ1) is 9.46. The lowest BCUT2D eigenvalue weighted by atomic mass is 10.1. The molecule has 3 atom stereocenters. The third-order valence-corrected chi connectivity index (χ3v) is 5.65. The van der Waals surface area contributed by atoms with Crippen molar-refractivity contribution in [3.8, 4) is 0 Å². The smallest absolute Gasteiger partial charge is 0.252 e. The van der Waals surface area contributed by atoms with Gasteiger partial charge in [0.15, 0.2) is 9.84 Å². The molecule has 0 radical (unpaired) electrons. The summed E-state index contributed by atoms with van der Waals surface area (Å²) in [5, 5.41) is 0. The molecular formula is C13H22N2O4S. The molecule has 6 nitrogen and oxygen atoms in total. The molecule has 2 fully saturated rings. The zero-order valence-corrected chi connectivity index (χ0v) is 12.3. The number of rotatable bonds is 5. The highest BCUT2D eigenvalue weighted by Crippen LogP contribution is 2.24. The molecule has 2 aliphatic heterocycles. The van der Waals surface area contributed by atoms with E-state index in [2.05, 4.69) is 6.58 Å². The summed E-state index contributed by atoms with van der Waals surface area (Å²) in [4.78, 5) is 14.1. The van der Waals surface area contributed by atoms with Crippen LogP contribution in [0.15, 0.2) is 12.7 Å². The number of ether oxygens (including phenoxy) is 1. The Labute approximate surface area is 119 Å². The molecule has 1 amide bonds. The van der Waals surface area contributed by atoms with Gasteiger partial charge in [0.05, 0.1) is 17.6 Å². The van der Waals surface area contributed by atoms with Gasteiger partial charge in [-0.05, 0) is 19.3 Å². The number of nitrogens with zero attached hydrogens (tertiary/aromatic N) is 1. The molecule has 0 saturated carbocycles. The van der Waals surface area contributed by atoms with Gasteiger partial charge >= 0.3 is 0 Å². The van der Waals surface area contributed by atoms with Gasteiger partial charge < -0.3 is 15.4 Å². The predicted molar refractivity (Wildman–Crippen MR) is 75.9 cm³/mol. The summed E-state index contributed by atoms with van der Waals surface area (Å²) in [6.07, 6.45) is 2.98. The summed E-state index contributed by atoms with van der Waals surface area (Å²) in [5.41, 5.74) is 5.54. The molecule has 0 aromatic rings. The number of carbonyl (C=O) groups excluding carboxylic acids is 1. The highest BCUT2D eigenvalue weighted by atomic mass is 32.2. The summed E-state index contributed by atoms with van der Waals surface area (Å²) < 4.78 is 28.8. The van der Waals surface area contributed by atoms with E-state index >= 15 is 0 Å². The van der Waals surface area contributed by atoms with Crippen molar-refractivity contribution in [3.05, 3.63) is 12.7 Å². The van der Waals surface area contributed by atoms with Crippen LogP contribution >= 0.6 is 0 Å². The Morgan fingerprint density at radius 1 is 1.40 bits per heavy atom. The first-order valence-electron chi connectivity index (χ1n) is 6.94. The minimum atomic E-state index is -3.02. The first-order valence-corrected chi connectivity index (χ1v) is 8.76. The van der Waals surface area contributed by atoms with E-state index in [4.69, 9.17) is 10.5 Å². The van der Waals surface area contributed by atoms with Crippen LogP contribution in [-0.2, 0) is 19.4 Å². The fourth-order valence-electron chi connectivity index (χ4n) is 2.82. The van der Waals surface area contributed by atoms with Crippen molar-refractivity contribution in [1.82, 2.24) is 4.90 Å². The molecule has 0 aliphatic carbocycles. The largest absolute Gasteiger partial charge is 0.364 e. The van der Waals surface area contributed by atoms with Crippen LogP contribution in [0.2, 0.25) is 0 Å². The Kier molecular flexibility index (Phi) is 4.82. The Bertz CT molecular complexity index is 477. The van der Waals surface area contributed by atoms with Gasteiger partial charge in [-0.2, -0.15) is 0 Å². The molecule has 114 valence electrons. The van der Waals surface area contributed by atoms with Crippen molar-refractivity contribution >= 4 is 15.7 Å². The summed E-state index contributed by atoms with van der Waals surface area (Å²) in [6, 6.07) is -0.258. The Hall–Kier alpha value is -0.920. The molecule has 7 heteroatoms. The maximum absolute atomic E-state index is 12.5. The number of hydrogen-bond acceptors (Lipinski definition) is 5. The second-order valence-corrected chi connectivity index (χ2v) is 7.62. The first kappa shape index (κ1) is 15.5.